The van der Waals surface area contributed by atoms with E-state index in [2.05, 4.69) is 25.6 Å². The van der Waals surface area contributed by atoms with Crippen molar-refractivity contribution in [1.29, 1.82) is 0 Å². The quantitative estimate of drug-likeness (QED) is 0.777. The molecule has 0 atom stereocenters. The van der Waals surface area contributed by atoms with Crippen LogP contribution in [0.2, 0.25) is 0 Å². The maximum absolute atomic E-state index is 11.9. The van der Waals surface area contributed by atoms with Gasteiger partial charge in [0.1, 0.15) is 5.82 Å². The molecule has 7 heteroatoms. The summed E-state index contributed by atoms with van der Waals surface area (Å²) in [5.74, 6) is 1.30. The first-order chi connectivity index (χ1) is 10.7. The number of carbonyl (C=O) groups excluding carboxylic acids is 1. The van der Waals surface area contributed by atoms with E-state index in [1.54, 1.807) is 41.5 Å². The largest absolute Gasteiger partial charge is 0.323 e. The van der Waals surface area contributed by atoms with E-state index in [0.717, 1.165) is 5.82 Å². The zero-order valence-corrected chi connectivity index (χ0v) is 11.9. The predicted octanol–water partition coefficient (Wildman–Crippen LogP) is 2.61. The van der Waals surface area contributed by atoms with E-state index in [1.807, 2.05) is 25.1 Å². The van der Waals surface area contributed by atoms with Crippen LogP contribution >= 0.6 is 0 Å². The lowest BCUT2D eigenvalue weighted by molar-refractivity contribution is 0.262. The van der Waals surface area contributed by atoms with Crippen LogP contribution in [0, 0.1) is 6.92 Å². The van der Waals surface area contributed by atoms with Crippen LogP contribution in [0.4, 0.5) is 16.2 Å². The molecule has 0 fully saturated rings. The van der Waals surface area contributed by atoms with E-state index in [-0.39, 0.29) is 6.03 Å². The third kappa shape index (κ3) is 3.09. The Labute approximate surface area is 127 Å². The van der Waals surface area contributed by atoms with Gasteiger partial charge in [0.25, 0.3) is 0 Å². The first-order valence-corrected chi connectivity index (χ1v) is 6.68. The van der Waals surface area contributed by atoms with Crippen LogP contribution in [-0.4, -0.2) is 25.6 Å². The van der Waals surface area contributed by atoms with Crippen molar-refractivity contribution in [2.75, 3.05) is 10.6 Å². The molecule has 2 heterocycles. The number of hydrogen-bond acceptors (Lipinski definition) is 4. The van der Waals surface area contributed by atoms with E-state index in [0.29, 0.717) is 17.3 Å². The maximum atomic E-state index is 11.9. The van der Waals surface area contributed by atoms with Gasteiger partial charge in [-0.3, -0.25) is 4.57 Å². The molecule has 1 aromatic carbocycles. The molecule has 0 saturated carbocycles. The van der Waals surface area contributed by atoms with Gasteiger partial charge >= 0.3 is 6.03 Å². The van der Waals surface area contributed by atoms with Crippen LogP contribution in [0.5, 0.6) is 0 Å². The highest BCUT2D eigenvalue weighted by Crippen LogP contribution is 2.09. The molecule has 0 saturated heterocycles. The topological polar surface area (TPSA) is 84.7 Å². The standard InChI is InChI=1S/C15H14N6O/c1-11-16-7-8-21(11)14-17-9-13(10-18-14)20-15(22)19-12-5-3-2-4-6-12/h2-10H,1H3,(H2,19,20,22). The Morgan fingerprint density at radius 3 is 2.32 bits per heavy atom. The van der Waals surface area contributed by atoms with Crippen molar-refractivity contribution in [2.24, 2.45) is 0 Å². The molecule has 0 aliphatic heterocycles. The van der Waals surface area contributed by atoms with Gasteiger partial charge in [0.05, 0.1) is 18.1 Å². The Morgan fingerprint density at radius 1 is 1.00 bits per heavy atom. The van der Waals surface area contributed by atoms with E-state index in [4.69, 9.17) is 0 Å². The fourth-order valence-electron chi connectivity index (χ4n) is 1.91. The smallest absolute Gasteiger partial charge is 0.308 e. The summed E-state index contributed by atoms with van der Waals surface area (Å²) < 4.78 is 1.76. The number of nitrogens with zero attached hydrogens (tertiary/aromatic N) is 4. The number of benzene rings is 1. The Kier molecular flexibility index (Phi) is 3.78. The third-order valence-corrected chi connectivity index (χ3v) is 2.97. The molecule has 3 rings (SSSR count). The van der Waals surface area contributed by atoms with Gasteiger partial charge in [-0.05, 0) is 19.1 Å². The number of carbonyl (C=O) groups is 1. The molecule has 3 aromatic rings. The average molecular weight is 294 g/mol. The van der Waals surface area contributed by atoms with Crippen molar-refractivity contribution < 1.29 is 4.79 Å². The summed E-state index contributed by atoms with van der Waals surface area (Å²) in [6.45, 7) is 1.86. The summed E-state index contributed by atoms with van der Waals surface area (Å²) in [6.07, 6.45) is 6.55. The molecular weight excluding hydrogens is 280 g/mol. The molecule has 7 nitrogen and oxygen atoms in total. The van der Waals surface area contributed by atoms with Crippen LogP contribution in [0.25, 0.3) is 5.95 Å². The Morgan fingerprint density at radius 2 is 1.68 bits per heavy atom. The molecule has 2 N–H and O–H groups in total. The molecule has 0 spiro atoms. The second-order valence-electron chi connectivity index (χ2n) is 4.56. The van der Waals surface area contributed by atoms with Crippen molar-refractivity contribution in [3.05, 3.63) is 60.9 Å². The lowest BCUT2D eigenvalue weighted by Gasteiger charge is -2.08. The summed E-state index contributed by atoms with van der Waals surface area (Å²) in [6, 6.07) is 8.85. The zero-order chi connectivity index (χ0) is 15.4. The van der Waals surface area contributed by atoms with Crippen molar-refractivity contribution in [3.8, 4) is 5.95 Å². The number of urea groups is 1. The molecule has 0 aliphatic rings. The van der Waals surface area contributed by atoms with Crippen LogP contribution < -0.4 is 10.6 Å². The van der Waals surface area contributed by atoms with Crippen molar-refractivity contribution >= 4 is 17.4 Å². The minimum Gasteiger partial charge on any atom is -0.308 e. The Hall–Kier alpha value is -3.22. The molecule has 0 radical (unpaired) electrons. The van der Waals surface area contributed by atoms with Crippen LogP contribution in [0.1, 0.15) is 5.82 Å². The van der Waals surface area contributed by atoms with Crippen LogP contribution in [0.15, 0.2) is 55.1 Å². The number of imidazole rings is 1. The van der Waals surface area contributed by atoms with Crippen LogP contribution in [-0.2, 0) is 0 Å². The minimum absolute atomic E-state index is 0.346. The van der Waals surface area contributed by atoms with Crippen LogP contribution in [0.3, 0.4) is 0 Å². The Balaban J connectivity index is 1.66. The number of para-hydroxylation sites is 1. The van der Waals surface area contributed by atoms with E-state index in [1.165, 1.54) is 0 Å². The number of aromatic nitrogens is 4. The van der Waals surface area contributed by atoms with Crippen molar-refractivity contribution in [3.63, 3.8) is 0 Å². The first-order valence-electron chi connectivity index (χ1n) is 6.68. The summed E-state index contributed by atoms with van der Waals surface area (Å²) in [5, 5.41) is 5.40. The van der Waals surface area contributed by atoms with E-state index >= 15 is 0 Å². The van der Waals surface area contributed by atoms with Gasteiger partial charge in [0.15, 0.2) is 0 Å². The Bertz CT molecular complexity index is 766. The lowest BCUT2D eigenvalue weighted by Crippen LogP contribution is -2.19. The SMILES string of the molecule is Cc1nccn1-c1ncc(NC(=O)Nc2ccccc2)cn1. The summed E-state index contributed by atoms with van der Waals surface area (Å²) in [7, 11) is 0. The molecule has 22 heavy (non-hydrogen) atoms. The molecular formula is C15H14N6O. The number of anilines is 2. The second kappa shape index (κ2) is 6.04. The number of aryl methyl sites for hydroxylation is 1. The highest BCUT2D eigenvalue weighted by molar-refractivity contribution is 5.99. The molecule has 110 valence electrons. The lowest BCUT2D eigenvalue weighted by atomic mass is 10.3. The van der Waals surface area contributed by atoms with Crippen molar-refractivity contribution in [2.45, 2.75) is 6.92 Å². The van der Waals surface area contributed by atoms with Gasteiger partial charge in [-0.15, -0.1) is 0 Å². The maximum Gasteiger partial charge on any atom is 0.323 e. The van der Waals surface area contributed by atoms with Gasteiger partial charge < -0.3 is 10.6 Å². The fourth-order valence-corrected chi connectivity index (χ4v) is 1.91. The molecule has 0 unspecified atom stereocenters. The van der Waals surface area contributed by atoms with Gasteiger partial charge in [-0.25, -0.2) is 19.7 Å². The third-order valence-electron chi connectivity index (χ3n) is 2.97. The molecule has 2 amide bonds. The van der Waals surface area contributed by atoms with Crippen molar-refractivity contribution in [1.82, 2.24) is 19.5 Å². The second-order valence-corrected chi connectivity index (χ2v) is 4.56. The fraction of sp³-hybridized carbons (Fsp3) is 0.0667. The van der Waals surface area contributed by atoms with E-state index in [9.17, 15) is 4.79 Å². The summed E-state index contributed by atoms with van der Waals surface area (Å²) >= 11 is 0. The number of amides is 2. The first kappa shape index (κ1) is 13.7. The normalized spacial score (nSPS) is 10.2. The highest BCUT2D eigenvalue weighted by atomic mass is 16.2. The monoisotopic (exact) mass is 294 g/mol. The number of hydrogen-bond donors (Lipinski definition) is 2. The van der Waals surface area contributed by atoms with Gasteiger partial charge in [-0.1, -0.05) is 18.2 Å². The molecule has 2 aromatic heterocycles. The summed E-state index contributed by atoms with van der Waals surface area (Å²) in [4.78, 5) is 24.4. The summed E-state index contributed by atoms with van der Waals surface area (Å²) in [5.41, 5.74) is 1.22. The highest BCUT2D eigenvalue weighted by Gasteiger charge is 2.06. The zero-order valence-electron chi connectivity index (χ0n) is 11.9. The van der Waals surface area contributed by atoms with Gasteiger partial charge in [0, 0.05) is 18.1 Å². The molecule has 0 aliphatic carbocycles. The van der Waals surface area contributed by atoms with E-state index < -0.39 is 0 Å². The van der Waals surface area contributed by atoms with Gasteiger partial charge in [0.2, 0.25) is 5.95 Å². The predicted molar refractivity (Wildman–Crippen MR) is 83.0 cm³/mol. The van der Waals surface area contributed by atoms with Gasteiger partial charge in [-0.2, -0.15) is 0 Å². The minimum atomic E-state index is -0.346. The average Bonchev–Trinajstić information content (AvgIpc) is 2.95. The number of nitrogens with one attached hydrogen (secondary N) is 2. The number of rotatable bonds is 3. The molecule has 0 bridgehead atoms.